The van der Waals surface area contributed by atoms with E-state index in [1.54, 1.807) is 25.1 Å². The first-order valence-electron chi connectivity index (χ1n) is 10.2. The number of carbonyl (C=O) groups excluding carboxylic acids is 2. The van der Waals surface area contributed by atoms with E-state index in [2.05, 4.69) is 10.2 Å². The van der Waals surface area contributed by atoms with Gasteiger partial charge in [0, 0.05) is 33.4 Å². The molecule has 0 aliphatic rings. The van der Waals surface area contributed by atoms with Gasteiger partial charge in [0.1, 0.15) is 11.5 Å². The average molecular weight is 403 g/mol. The van der Waals surface area contributed by atoms with Gasteiger partial charge in [0.25, 0.3) is 5.91 Å². The zero-order valence-corrected chi connectivity index (χ0v) is 18.5. The molecule has 2 amide bonds. The summed E-state index contributed by atoms with van der Waals surface area (Å²) in [5.74, 6) is 0.803. The molecule has 0 unspecified atom stereocenters. The molecule has 2 aromatic rings. The molecule has 0 bridgehead atoms. The van der Waals surface area contributed by atoms with Crippen LogP contribution in [0.1, 0.15) is 36.3 Å². The highest BCUT2D eigenvalue weighted by Gasteiger charge is 2.20. The molecule has 0 saturated carbocycles. The molecular formula is C21H34N6O2. The number of hydrogen-bond donors (Lipinski definition) is 1. The predicted octanol–water partition coefficient (Wildman–Crippen LogP) is 1.49. The Morgan fingerprint density at radius 1 is 1.14 bits per heavy atom. The quantitative estimate of drug-likeness (QED) is 0.610. The molecule has 0 saturated heterocycles. The van der Waals surface area contributed by atoms with Gasteiger partial charge in [-0.05, 0) is 52.5 Å². The van der Waals surface area contributed by atoms with Crippen LogP contribution in [0.15, 0.2) is 18.3 Å². The van der Waals surface area contributed by atoms with Crippen LogP contribution >= 0.6 is 0 Å². The SMILES string of the molecule is CCc1nc2ccc(C(=O)NCCCN(C)C)cn2c1N(CC)CC(=O)N(C)C. The number of imidazole rings is 1. The minimum absolute atomic E-state index is 0.0265. The number of hydrogen-bond acceptors (Lipinski definition) is 5. The third kappa shape index (κ3) is 5.69. The van der Waals surface area contributed by atoms with Crippen molar-refractivity contribution < 1.29 is 9.59 Å². The standard InChI is InChI=1S/C21H34N6O2/c1-7-17-21(26(8-2)15-19(28)25(5)6)27-14-16(10-11-18(27)23-17)20(29)22-12-9-13-24(3)4/h10-11,14H,7-9,12-13,15H2,1-6H3,(H,22,29). The first kappa shape index (κ1) is 22.7. The highest BCUT2D eigenvalue weighted by atomic mass is 16.2. The number of rotatable bonds is 10. The Hall–Kier alpha value is -2.61. The molecule has 8 nitrogen and oxygen atoms in total. The fraction of sp³-hybridized carbons (Fsp3) is 0.571. The second-order valence-electron chi connectivity index (χ2n) is 7.60. The molecule has 0 atom stereocenters. The van der Waals surface area contributed by atoms with Crippen molar-refractivity contribution >= 4 is 23.3 Å². The number of likely N-dealkylation sites (N-methyl/N-ethyl adjacent to an activating group) is 2. The van der Waals surface area contributed by atoms with Gasteiger partial charge >= 0.3 is 0 Å². The molecule has 0 aliphatic carbocycles. The lowest BCUT2D eigenvalue weighted by molar-refractivity contribution is -0.127. The van der Waals surface area contributed by atoms with Crippen molar-refractivity contribution in [1.29, 1.82) is 0 Å². The molecule has 160 valence electrons. The maximum Gasteiger partial charge on any atom is 0.252 e. The third-order valence-corrected chi connectivity index (χ3v) is 4.83. The molecule has 0 aromatic carbocycles. The van der Waals surface area contributed by atoms with Crippen LogP contribution in [0.5, 0.6) is 0 Å². The van der Waals surface area contributed by atoms with Crippen molar-refractivity contribution in [2.75, 3.05) is 59.3 Å². The lowest BCUT2D eigenvalue weighted by Gasteiger charge is -2.24. The molecule has 8 heteroatoms. The summed E-state index contributed by atoms with van der Waals surface area (Å²) in [4.78, 5) is 35.3. The number of aryl methyl sites for hydroxylation is 1. The number of nitrogens with zero attached hydrogens (tertiary/aromatic N) is 5. The van der Waals surface area contributed by atoms with Crippen molar-refractivity contribution in [3.8, 4) is 0 Å². The van der Waals surface area contributed by atoms with Crippen LogP contribution in [0.3, 0.4) is 0 Å². The molecule has 2 heterocycles. The Kier molecular flexibility index (Phi) is 8.01. The average Bonchev–Trinajstić information content (AvgIpc) is 3.06. The van der Waals surface area contributed by atoms with Crippen LogP contribution in [-0.2, 0) is 11.2 Å². The summed E-state index contributed by atoms with van der Waals surface area (Å²) in [6, 6.07) is 3.66. The first-order valence-corrected chi connectivity index (χ1v) is 10.2. The van der Waals surface area contributed by atoms with E-state index in [0.29, 0.717) is 18.7 Å². The minimum Gasteiger partial charge on any atom is -0.352 e. The van der Waals surface area contributed by atoms with Gasteiger partial charge in [0.2, 0.25) is 5.91 Å². The lowest BCUT2D eigenvalue weighted by atomic mass is 10.2. The van der Waals surface area contributed by atoms with Gasteiger partial charge in [-0.25, -0.2) is 4.98 Å². The van der Waals surface area contributed by atoms with E-state index < -0.39 is 0 Å². The largest absolute Gasteiger partial charge is 0.352 e. The summed E-state index contributed by atoms with van der Waals surface area (Å²) in [5, 5.41) is 2.98. The van der Waals surface area contributed by atoms with Gasteiger partial charge in [0.15, 0.2) is 0 Å². The van der Waals surface area contributed by atoms with Gasteiger partial charge in [-0.2, -0.15) is 0 Å². The van der Waals surface area contributed by atoms with E-state index >= 15 is 0 Å². The second kappa shape index (κ2) is 10.2. The molecule has 1 N–H and O–H groups in total. The number of nitrogens with one attached hydrogen (secondary N) is 1. The van der Waals surface area contributed by atoms with Crippen LogP contribution in [0.2, 0.25) is 0 Å². The van der Waals surface area contributed by atoms with E-state index in [1.165, 1.54) is 0 Å². The van der Waals surface area contributed by atoms with Crippen molar-refractivity contribution in [3.05, 3.63) is 29.6 Å². The summed E-state index contributed by atoms with van der Waals surface area (Å²) >= 11 is 0. The van der Waals surface area contributed by atoms with E-state index in [1.807, 2.05) is 49.5 Å². The van der Waals surface area contributed by atoms with E-state index in [-0.39, 0.29) is 18.4 Å². The summed E-state index contributed by atoms with van der Waals surface area (Å²) < 4.78 is 1.93. The topological polar surface area (TPSA) is 73.2 Å². The molecule has 0 radical (unpaired) electrons. The first-order chi connectivity index (χ1) is 13.8. The summed E-state index contributed by atoms with van der Waals surface area (Å²) in [7, 11) is 7.54. The molecule has 2 aromatic heterocycles. The normalized spacial score (nSPS) is 11.1. The summed E-state index contributed by atoms with van der Waals surface area (Å²) in [6.07, 6.45) is 3.46. The lowest BCUT2D eigenvalue weighted by Crippen LogP contribution is -2.37. The van der Waals surface area contributed by atoms with Crippen molar-refractivity contribution in [1.82, 2.24) is 24.5 Å². The highest BCUT2D eigenvalue weighted by molar-refractivity contribution is 5.94. The highest BCUT2D eigenvalue weighted by Crippen LogP contribution is 2.24. The summed E-state index contributed by atoms with van der Waals surface area (Å²) in [5.41, 5.74) is 2.28. The zero-order chi connectivity index (χ0) is 21.6. The van der Waals surface area contributed by atoms with Crippen molar-refractivity contribution in [2.45, 2.75) is 26.7 Å². The van der Waals surface area contributed by atoms with Crippen LogP contribution in [-0.4, -0.2) is 85.4 Å². The molecule has 29 heavy (non-hydrogen) atoms. The number of carbonyl (C=O) groups is 2. The zero-order valence-electron chi connectivity index (χ0n) is 18.5. The molecule has 2 rings (SSSR count). The van der Waals surface area contributed by atoms with E-state index in [4.69, 9.17) is 4.98 Å². The maximum absolute atomic E-state index is 12.6. The molecule has 0 aliphatic heterocycles. The Balaban J connectivity index is 2.31. The van der Waals surface area contributed by atoms with Gasteiger partial charge in [0.05, 0.1) is 17.8 Å². The second-order valence-corrected chi connectivity index (χ2v) is 7.60. The fourth-order valence-corrected chi connectivity index (χ4v) is 3.13. The maximum atomic E-state index is 12.6. The van der Waals surface area contributed by atoms with Crippen LogP contribution < -0.4 is 10.2 Å². The van der Waals surface area contributed by atoms with E-state index in [9.17, 15) is 9.59 Å². The Bertz CT molecular complexity index is 843. The molecule has 0 fully saturated rings. The van der Waals surface area contributed by atoms with E-state index in [0.717, 1.165) is 36.5 Å². The smallest absolute Gasteiger partial charge is 0.252 e. The Morgan fingerprint density at radius 3 is 2.45 bits per heavy atom. The molecular weight excluding hydrogens is 368 g/mol. The fourth-order valence-electron chi connectivity index (χ4n) is 3.13. The molecule has 0 spiro atoms. The van der Waals surface area contributed by atoms with Crippen LogP contribution in [0.25, 0.3) is 5.65 Å². The van der Waals surface area contributed by atoms with Gasteiger partial charge in [-0.15, -0.1) is 0 Å². The number of pyridine rings is 1. The number of anilines is 1. The monoisotopic (exact) mass is 402 g/mol. The number of aromatic nitrogens is 2. The Labute approximate surface area is 173 Å². The Morgan fingerprint density at radius 2 is 1.86 bits per heavy atom. The van der Waals surface area contributed by atoms with Crippen LogP contribution in [0.4, 0.5) is 5.82 Å². The van der Waals surface area contributed by atoms with Gasteiger partial charge in [-0.1, -0.05) is 6.92 Å². The number of fused-ring (bicyclic) bond motifs is 1. The third-order valence-electron chi connectivity index (χ3n) is 4.83. The predicted molar refractivity (Wildman–Crippen MR) is 117 cm³/mol. The number of amides is 2. The van der Waals surface area contributed by atoms with Crippen molar-refractivity contribution in [2.24, 2.45) is 0 Å². The van der Waals surface area contributed by atoms with Gasteiger partial charge < -0.3 is 20.0 Å². The summed E-state index contributed by atoms with van der Waals surface area (Å²) in [6.45, 7) is 6.56. The van der Waals surface area contributed by atoms with Crippen molar-refractivity contribution in [3.63, 3.8) is 0 Å². The van der Waals surface area contributed by atoms with Crippen LogP contribution in [0, 0.1) is 0 Å². The minimum atomic E-state index is -0.101. The van der Waals surface area contributed by atoms with Gasteiger partial charge in [-0.3, -0.25) is 14.0 Å².